The summed E-state index contributed by atoms with van der Waals surface area (Å²) in [6.07, 6.45) is 1.26. The second kappa shape index (κ2) is 8.66. The molecule has 1 aliphatic heterocycles. The van der Waals surface area contributed by atoms with Crippen LogP contribution < -0.4 is 10.1 Å². The van der Waals surface area contributed by atoms with Gasteiger partial charge in [-0.05, 0) is 44.4 Å². The number of amides is 2. The van der Waals surface area contributed by atoms with Crippen molar-refractivity contribution in [3.05, 3.63) is 41.5 Å². The van der Waals surface area contributed by atoms with Gasteiger partial charge in [-0.25, -0.2) is 0 Å². The fourth-order valence-electron chi connectivity index (χ4n) is 3.05. The molecule has 27 heavy (non-hydrogen) atoms. The summed E-state index contributed by atoms with van der Waals surface area (Å²) in [5, 5.41) is 6.50. The van der Waals surface area contributed by atoms with Gasteiger partial charge in [0, 0.05) is 19.0 Å². The van der Waals surface area contributed by atoms with E-state index >= 15 is 0 Å². The van der Waals surface area contributed by atoms with E-state index in [1.54, 1.807) is 11.8 Å². The van der Waals surface area contributed by atoms with E-state index < -0.39 is 0 Å². The molecule has 0 unspecified atom stereocenters. The molecule has 8 nitrogen and oxygen atoms in total. The molecule has 0 saturated carbocycles. The predicted molar refractivity (Wildman–Crippen MR) is 96.9 cm³/mol. The first-order valence-corrected chi connectivity index (χ1v) is 9.05. The van der Waals surface area contributed by atoms with Crippen LogP contribution in [0.4, 0.5) is 0 Å². The molecule has 0 bridgehead atoms. The fraction of sp³-hybridized carbons (Fsp3) is 0.474. The summed E-state index contributed by atoms with van der Waals surface area (Å²) < 4.78 is 10.6. The lowest BCUT2D eigenvalue weighted by atomic mass is 9.96. The fourth-order valence-corrected chi connectivity index (χ4v) is 3.05. The van der Waals surface area contributed by atoms with Crippen LogP contribution in [-0.4, -0.2) is 46.6 Å². The lowest BCUT2D eigenvalue weighted by Gasteiger charge is -2.31. The molecule has 0 atom stereocenters. The molecule has 8 heteroatoms. The number of aryl methyl sites for hydroxylation is 2. The smallest absolute Gasteiger partial charge is 0.260 e. The molecule has 2 heterocycles. The first-order chi connectivity index (χ1) is 13.0. The Morgan fingerprint density at radius 2 is 2.07 bits per heavy atom. The number of hydrogen-bond acceptors (Lipinski definition) is 6. The van der Waals surface area contributed by atoms with Gasteiger partial charge < -0.3 is 19.5 Å². The average Bonchev–Trinajstić information content (AvgIpc) is 3.09. The first kappa shape index (κ1) is 18.9. The van der Waals surface area contributed by atoms with Crippen LogP contribution in [0.1, 0.15) is 30.1 Å². The van der Waals surface area contributed by atoms with Crippen LogP contribution in [0.15, 0.2) is 28.8 Å². The van der Waals surface area contributed by atoms with Crippen molar-refractivity contribution in [1.29, 1.82) is 0 Å². The van der Waals surface area contributed by atoms with Crippen LogP contribution in [0.25, 0.3) is 0 Å². The van der Waals surface area contributed by atoms with Crippen LogP contribution in [-0.2, 0) is 16.1 Å². The lowest BCUT2D eigenvalue weighted by molar-refractivity contribution is -0.137. The number of rotatable bonds is 6. The second-order valence-corrected chi connectivity index (χ2v) is 6.71. The average molecular weight is 372 g/mol. The van der Waals surface area contributed by atoms with Crippen molar-refractivity contribution in [2.45, 2.75) is 33.2 Å². The van der Waals surface area contributed by atoms with Crippen molar-refractivity contribution < 1.29 is 18.8 Å². The van der Waals surface area contributed by atoms with Crippen LogP contribution >= 0.6 is 0 Å². The zero-order valence-corrected chi connectivity index (χ0v) is 15.6. The van der Waals surface area contributed by atoms with Gasteiger partial charge in [0.1, 0.15) is 5.75 Å². The summed E-state index contributed by atoms with van der Waals surface area (Å²) in [7, 11) is 0. The maximum absolute atomic E-state index is 12.3. The van der Waals surface area contributed by atoms with Gasteiger partial charge in [-0.3, -0.25) is 9.59 Å². The zero-order valence-electron chi connectivity index (χ0n) is 15.6. The Hall–Kier alpha value is -2.90. The van der Waals surface area contributed by atoms with Gasteiger partial charge in [0.15, 0.2) is 12.4 Å². The number of ether oxygens (including phenoxy) is 1. The quantitative estimate of drug-likeness (QED) is 0.827. The molecule has 1 fully saturated rings. The molecule has 144 valence electrons. The Bertz CT molecular complexity index is 797. The van der Waals surface area contributed by atoms with Crippen molar-refractivity contribution in [2.75, 3.05) is 19.7 Å². The third kappa shape index (κ3) is 5.29. The van der Waals surface area contributed by atoms with Gasteiger partial charge in [0.2, 0.25) is 11.8 Å². The highest BCUT2D eigenvalue weighted by Gasteiger charge is 2.27. The molecule has 1 saturated heterocycles. The highest BCUT2D eigenvalue weighted by molar-refractivity contribution is 5.80. The molecule has 0 spiro atoms. The van der Waals surface area contributed by atoms with Crippen molar-refractivity contribution >= 4 is 11.8 Å². The molecule has 3 rings (SSSR count). The Morgan fingerprint density at radius 1 is 1.30 bits per heavy atom. The van der Waals surface area contributed by atoms with E-state index in [9.17, 15) is 9.59 Å². The van der Waals surface area contributed by atoms with Gasteiger partial charge in [-0.1, -0.05) is 17.3 Å². The Morgan fingerprint density at radius 3 is 2.74 bits per heavy atom. The van der Waals surface area contributed by atoms with E-state index in [0.717, 1.165) is 5.56 Å². The second-order valence-electron chi connectivity index (χ2n) is 6.71. The summed E-state index contributed by atoms with van der Waals surface area (Å²) in [5.74, 6) is 1.40. The van der Waals surface area contributed by atoms with Crippen LogP contribution in [0.5, 0.6) is 5.75 Å². The van der Waals surface area contributed by atoms with E-state index in [1.165, 1.54) is 0 Å². The number of benzene rings is 1. The summed E-state index contributed by atoms with van der Waals surface area (Å²) in [6.45, 7) is 5.04. The van der Waals surface area contributed by atoms with Gasteiger partial charge in [0.05, 0.1) is 6.54 Å². The monoisotopic (exact) mass is 372 g/mol. The highest BCUT2D eigenvalue weighted by atomic mass is 16.5. The molecule has 1 aromatic carbocycles. The van der Waals surface area contributed by atoms with Gasteiger partial charge >= 0.3 is 0 Å². The van der Waals surface area contributed by atoms with Crippen molar-refractivity contribution in [2.24, 2.45) is 5.92 Å². The van der Waals surface area contributed by atoms with Gasteiger partial charge in [-0.2, -0.15) is 4.98 Å². The summed E-state index contributed by atoms with van der Waals surface area (Å²) in [6, 6.07) is 7.61. The Labute approximate surface area is 157 Å². The largest absolute Gasteiger partial charge is 0.484 e. The molecule has 1 aliphatic rings. The van der Waals surface area contributed by atoms with E-state index in [1.807, 2.05) is 31.2 Å². The molecule has 2 amide bonds. The summed E-state index contributed by atoms with van der Waals surface area (Å²) in [4.78, 5) is 30.4. The number of carbonyl (C=O) groups is 2. The van der Waals surface area contributed by atoms with Crippen LogP contribution in [0, 0.1) is 19.8 Å². The number of carbonyl (C=O) groups excluding carboxylic acids is 2. The Kier molecular flexibility index (Phi) is 6.05. The topological polar surface area (TPSA) is 97.6 Å². The lowest BCUT2D eigenvalue weighted by Crippen LogP contribution is -2.44. The maximum atomic E-state index is 12.3. The van der Waals surface area contributed by atoms with E-state index in [2.05, 4.69) is 15.5 Å². The van der Waals surface area contributed by atoms with Crippen molar-refractivity contribution in [3.63, 3.8) is 0 Å². The molecular weight excluding hydrogens is 348 g/mol. The van der Waals surface area contributed by atoms with Crippen molar-refractivity contribution in [3.8, 4) is 5.75 Å². The minimum atomic E-state index is -0.115. The van der Waals surface area contributed by atoms with Gasteiger partial charge in [-0.15, -0.1) is 0 Å². The predicted octanol–water partition coefficient (Wildman–Crippen LogP) is 1.62. The highest BCUT2D eigenvalue weighted by Crippen LogP contribution is 2.18. The zero-order chi connectivity index (χ0) is 19.2. The molecular formula is C19H24N4O4. The third-order valence-electron chi connectivity index (χ3n) is 4.55. The molecule has 0 aliphatic carbocycles. The van der Waals surface area contributed by atoms with E-state index in [-0.39, 0.29) is 30.9 Å². The third-order valence-corrected chi connectivity index (χ3v) is 4.55. The van der Waals surface area contributed by atoms with Gasteiger partial charge in [0.25, 0.3) is 5.91 Å². The first-order valence-electron chi connectivity index (χ1n) is 9.05. The molecule has 2 aromatic rings. The SMILES string of the molecule is Cc1cccc(OCC(=O)N2CCC(C(=O)NCc3nc(C)no3)CC2)c1. The number of hydrogen-bond donors (Lipinski definition) is 1. The molecule has 1 N–H and O–H groups in total. The number of aromatic nitrogens is 2. The van der Waals surface area contributed by atoms with E-state index in [0.29, 0.717) is 43.4 Å². The minimum Gasteiger partial charge on any atom is -0.484 e. The van der Waals surface area contributed by atoms with Crippen LogP contribution in [0.2, 0.25) is 0 Å². The normalized spacial score (nSPS) is 14.8. The standard InChI is InChI=1S/C19H24N4O4/c1-13-4-3-5-16(10-13)26-12-18(24)23-8-6-15(7-9-23)19(25)20-11-17-21-14(2)22-27-17/h3-5,10,15H,6-9,11-12H2,1-2H3,(H,20,25). The van der Waals surface area contributed by atoms with E-state index in [4.69, 9.17) is 9.26 Å². The maximum Gasteiger partial charge on any atom is 0.260 e. The summed E-state index contributed by atoms with van der Waals surface area (Å²) in [5.41, 5.74) is 1.09. The molecule has 0 radical (unpaired) electrons. The minimum absolute atomic E-state index is 0.0107. The number of nitrogens with one attached hydrogen (secondary N) is 1. The number of nitrogens with zero attached hydrogens (tertiary/aromatic N) is 3. The van der Waals surface area contributed by atoms with Crippen LogP contribution in [0.3, 0.4) is 0 Å². The number of piperidine rings is 1. The van der Waals surface area contributed by atoms with Crippen molar-refractivity contribution in [1.82, 2.24) is 20.4 Å². The summed E-state index contributed by atoms with van der Waals surface area (Å²) >= 11 is 0. The Balaban J connectivity index is 1.39. The number of likely N-dealkylation sites (tertiary alicyclic amines) is 1. The molecule has 1 aromatic heterocycles.